The van der Waals surface area contributed by atoms with E-state index >= 15 is 0 Å². The van der Waals surface area contributed by atoms with Crippen LogP contribution in [0, 0.1) is 5.92 Å². The van der Waals surface area contributed by atoms with Crippen molar-refractivity contribution in [1.29, 1.82) is 0 Å². The molecule has 1 saturated heterocycles. The molecule has 0 aromatic heterocycles. The lowest BCUT2D eigenvalue weighted by Gasteiger charge is -2.31. The number of nitrogens with one attached hydrogen (secondary N) is 2. The first-order valence-corrected chi connectivity index (χ1v) is 13.4. The van der Waals surface area contributed by atoms with Gasteiger partial charge in [0.2, 0.25) is 5.91 Å². The van der Waals surface area contributed by atoms with Crippen molar-refractivity contribution < 1.29 is 9.59 Å². The Hall–Kier alpha value is -2.96. The molecule has 2 unspecified atom stereocenters. The molecule has 184 valence electrons. The van der Waals surface area contributed by atoms with E-state index in [-0.39, 0.29) is 23.7 Å². The monoisotopic (exact) mass is 590 g/mol. The highest BCUT2D eigenvalue weighted by molar-refractivity contribution is 9.10. The Bertz CT molecular complexity index is 1510. The number of anilines is 1. The zero-order valence-electron chi connectivity index (χ0n) is 19.4. The summed E-state index contributed by atoms with van der Waals surface area (Å²) in [5, 5.41) is 7.87. The summed E-state index contributed by atoms with van der Waals surface area (Å²) in [6.07, 6.45) is 0. The van der Waals surface area contributed by atoms with Gasteiger partial charge in [0.05, 0.1) is 5.92 Å². The summed E-state index contributed by atoms with van der Waals surface area (Å²) >= 11 is 16.0. The molecule has 2 aliphatic rings. The van der Waals surface area contributed by atoms with Crippen molar-refractivity contribution >= 4 is 56.5 Å². The predicted molar refractivity (Wildman–Crippen MR) is 150 cm³/mol. The van der Waals surface area contributed by atoms with Gasteiger partial charge in [0, 0.05) is 43.3 Å². The molecule has 37 heavy (non-hydrogen) atoms. The minimum atomic E-state index is -1.29. The quantitative estimate of drug-likeness (QED) is 0.241. The molecular formula is C30H21BrCl2N2O2. The number of Topliss-reactive ketones (excluding diaryl/α,β-unsaturated/α-hetero) is 1. The van der Waals surface area contributed by atoms with E-state index in [9.17, 15) is 9.59 Å². The highest BCUT2D eigenvalue weighted by atomic mass is 79.9. The Balaban J connectivity index is 1.63. The standard InChI is InChI=1S/C30H21BrCl2N2O2/c31-20-10-15-24-23(16-20)30(29(37)34-24)26(28(36)19-8-13-22(33)14-9-19)25(17-6-11-21(32)12-7-17)27(35-30)18-4-2-1-3-5-18/h1-16,25-27,35H,(H,34,37)/t25-,26?,27+,30?/m0/s1. The minimum absolute atomic E-state index is 0.134. The van der Waals surface area contributed by atoms with Gasteiger partial charge >= 0.3 is 0 Å². The molecule has 1 spiro atoms. The Labute approximate surface area is 233 Å². The number of rotatable bonds is 4. The van der Waals surface area contributed by atoms with Crippen LogP contribution in [-0.2, 0) is 10.3 Å². The average molecular weight is 592 g/mol. The lowest BCUT2D eigenvalue weighted by molar-refractivity contribution is -0.122. The second-order valence-corrected chi connectivity index (χ2v) is 11.2. The summed E-state index contributed by atoms with van der Waals surface area (Å²) < 4.78 is 0.827. The molecule has 0 bridgehead atoms. The van der Waals surface area contributed by atoms with Gasteiger partial charge in [-0.3, -0.25) is 14.9 Å². The number of amides is 1. The maximum atomic E-state index is 14.5. The number of hydrogen-bond acceptors (Lipinski definition) is 3. The van der Waals surface area contributed by atoms with Crippen molar-refractivity contribution in [2.45, 2.75) is 17.5 Å². The number of carbonyl (C=O) groups excluding carboxylic acids is 2. The summed E-state index contributed by atoms with van der Waals surface area (Å²) in [5.41, 5.74) is 2.56. The molecule has 2 aliphatic heterocycles. The van der Waals surface area contributed by atoms with Crippen molar-refractivity contribution in [2.75, 3.05) is 5.32 Å². The van der Waals surface area contributed by atoms with E-state index in [1.54, 1.807) is 24.3 Å². The molecule has 0 radical (unpaired) electrons. The lowest BCUT2D eigenvalue weighted by Crippen LogP contribution is -2.50. The van der Waals surface area contributed by atoms with E-state index < -0.39 is 11.5 Å². The fraction of sp³-hybridized carbons (Fsp3) is 0.133. The number of fused-ring (bicyclic) bond motifs is 2. The summed E-state index contributed by atoms with van der Waals surface area (Å²) in [6, 6.07) is 29.7. The molecule has 7 heteroatoms. The number of halogens is 3. The molecule has 4 atom stereocenters. The van der Waals surface area contributed by atoms with E-state index in [1.807, 2.05) is 72.8 Å². The molecule has 1 fully saturated rings. The van der Waals surface area contributed by atoms with Crippen molar-refractivity contribution in [3.8, 4) is 0 Å². The van der Waals surface area contributed by atoms with Crippen LogP contribution in [-0.4, -0.2) is 11.7 Å². The molecule has 2 heterocycles. The van der Waals surface area contributed by atoms with Crippen molar-refractivity contribution in [3.63, 3.8) is 0 Å². The van der Waals surface area contributed by atoms with E-state index in [0.29, 0.717) is 21.3 Å². The second-order valence-electron chi connectivity index (χ2n) is 9.41. The Morgan fingerprint density at radius 2 is 1.46 bits per heavy atom. The van der Waals surface area contributed by atoms with Gasteiger partial charge in [-0.25, -0.2) is 0 Å². The number of benzene rings is 4. The average Bonchev–Trinajstić information content (AvgIpc) is 3.40. The third kappa shape index (κ3) is 4.02. The van der Waals surface area contributed by atoms with Crippen LogP contribution >= 0.6 is 39.1 Å². The molecular weight excluding hydrogens is 571 g/mol. The largest absolute Gasteiger partial charge is 0.324 e. The third-order valence-electron chi connectivity index (χ3n) is 7.41. The predicted octanol–water partition coefficient (Wildman–Crippen LogP) is 7.53. The van der Waals surface area contributed by atoms with Gasteiger partial charge < -0.3 is 5.32 Å². The van der Waals surface area contributed by atoms with Crippen LogP contribution in [0.4, 0.5) is 5.69 Å². The topological polar surface area (TPSA) is 58.2 Å². The fourth-order valence-corrected chi connectivity index (χ4v) is 6.42. The van der Waals surface area contributed by atoms with Crippen LogP contribution in [0.2, 0.25) is 10.0 Å². The molecule has 0 saturated carbocycles. The van der Waals surface area contributed by atoms with Crippen LogP contribution in [0.25, 0.3) is 0 Å². The first-order chi connectivity index (χ1) is 17.9. The number of hydrogen-bond donors (Lipinski definition) is 2. The summed E-state index contributed by atoms with van der Waals surface area (Å²) in [5.74, 6) is -1.50. The maximum Gasteiger partial charge on any atom is 0.250 e. The van der Waals surface area contributed by atoms with Gasteiger partial charge in [-0.2, -0.15) is 0 Å². The van der Waals surface area contributed by atoms with Gasteiger partial charge in [0.1, 0.15) is 5.54 Å². The van der Waals surface area contributed by atoms with Crippen molar-refractivity contribution in [2.24, 2.45) is 5.92 Å². The highest BCUT2D eigenvalue weighted by Crippen LogP contribution is 2.57. The number of ketones is 1. The van der Waals surface area contributed by atoms with Crippen LogP contribution < -0.4 is 10.6 Å². The summed E-state index contributed by atoms with van der Waals surface area (Å²) in [4.78, 5) is 28.5. The van der Waals surface area contributed by atoms with E-state index in [2.05, 4.69) is 26.6 Å². The van der Waals surface area contributed by atoms with Crippen molar-refractivity contribution in [1.82, 2.24) is 5.32 Å². The van der Waals surface area contributed by atoms with Gasteiger partial charge in [0.25, 0.3) is 0 Å². The van der Waals surface area contributed by atoms with Gasteiger partial charge in [-0.15, -0.1) is 0 Å². The van der Waals surface area contributed by atoms with E-state index in [0.717, 1.165) is 21.2 Å². The zero-order valence-corrected chi connectivity index (χ0v) is 22.5. The summed E-state index contributed by atoms with van der Waals surface area (Å²) in [7, 11) is 0. The minimum Gasteiger partial charge on any atom is -0.324 e. The Morgan fingerprint density at radius 3 is 2.14 bits per heavy atom. The molecule has 4 nitrogen and oxygen atoms in total. The Kier molecular flexibility index (Phi) is 6.20. The number of carbonyl (C=O) groups is 2. The summed E-state index contributed by atoms with van der Waals surface area (Å²) in [6.45, 7) is 0. The third-order valence-corrected chi connectivity index (χ3v) is 8.40. The van der Waals surface area contributed by atoms with E-state index in [4.69, 9.17) is 23.2 Å². The van der Waals surface area contributed by atoms with Crippen LogP contribution in [0.3, 0.4) is 0 Å². The van der Waals surface area contributed by atoms with Crippen LogP contribution in [0.1, 0.15) is 39.0 Å². The smallest absolute Gasteiger partial charge is 0.250 e. The second kappa shape index (κ2) is 9.41. The first-order valence-electron chi connectivity index (χ1n) is 11.9. The molecule has 4 aromatic carbocycles. The lowest BCUT2D eigenvalue weighted by atomic mass is 9.69. The highest BCUT2D eigenvalue weighted by Gasteiger charge is 2.64. The maximum absolute atomic E-state index is 14.5. The molecule has 6 rings (SSSR count). The van der Waals surface area contributed by atoms with Crippen LogP contribution in [0.5, 0.6) is 0 Å². The van der Waals surface area contributed by atoms with Gasteiger partial charge in [-0.1, -0.05) is 81.6 Å². The Morgan fingerprint density at radius 1 is 0.811 bits per heavy atom. The van der Waals surface area contributed by atoms with Crippen LogP contribution in [0.15, 0.2) is 102 Å². The molecule has 2 N–H and O–H groups in total. The van der Waals surface area contributed by atoms with E-state index in [1.165, 1.54) is 0 Å². The van der Waals surface area contributed by atoms with Crippen molar-refractivity contribution in [3.05, 3.63) is 134 Å². The normalized spacial score (nSPS) is 24.2. The molecule has 4 aromatic rings. The zero-order chi connectivity index (χ0) is 25.7. The first kappa shape index (κ1) is 24.4. The van der Waals surface area contributed by atoms with Gasteiger partial charge in [-0.05, 0) is 65.7 Å². The fourth-order valence-electron chi connectivity index (χ4n) is 5.81. The molecule has 0 aliphatic carbocycles. The SMILES string of the molecule is O=C(c1ccc(Cl)cc1)C1[C@H](c2ccc(Cl)cc2)[C@@H](c2ccccc2)NC12C(=O)Nc1ccc(Br)cc12. The molecule has 1 amide bonds. The van der Waals surface area contributed by atoms with Gasteiger partial charge in [0.15, 0.2) is 5.78 Å².